The molecular weight excluding hydrogens is 372 g/mol. The Morgan fingerprint density at radius 1 is 0.967 bits per heavy atom. The van der Waals surface area contributed by atoms with E-state index in [0.717, 1.165) is 38.4 Å². The Labute approximate surface area is 175 Å². The van der Waals surface area contributed by atoms with Crippen molar-refractivity contribution in [1.29, 1.82) is 5.26 Å². The number of ether oxygens (including phenoxy) is 1. The van der Waals surface area contributed by atoms with Crippen molar-refractivity contribution >= 4 is 33.5 Å². The third-order valence-electron chi connectivity index (χ3n) is 5.08. The van der Waals surface area contributed by atoms with E-state index in [2.05, 4.69) is 17.5 Å². The molecule has 0 fully saturated rings. The van der Waals surface area contributed by atoms with Crippen LogP contribution in [0.15, 0.2) is 84.4 Å². The zero-order valence-corrected chi connectivity index (χ0v) is 16.6. The van der Waals surface area contributed by atoms with Gasteiger partial charge in [-0.1, -0.05) is 60.7 Å². The Bertz CT molecular complexity index is 1240. The van der Waals surface area contributed by atoms with Crippen LogP contribution in [0, 0.1) is 11.3 Å². The van der Waals surface area contributed by atoms with E-state index in [0.29, 0.717) is 6.54 Å². The third kappa shape index (κ3) is 3.87. The second-order valence-electron chi connectivity index (χ2n) is 6.93. The number of amides is 1. The quantitative estimate of drug-likeness (QED) is 0.288. The Kier molecular flexibility index (Phi) is 5.45. The molecule has 0 saturated heterocycles. The number of carbonyl (C=O) groups is 1. The Morgan fingerprint density at radius 2 is 1.57 bits per heavy atom. The van der Waals surface area contributed by atoms with Crippen molar-refractivity contribution in [3.63, 3.8) is 0 Å². The second-order valence-corrected chi connectivity index (χ2v) is 6.93. The van der Waals surface area contributed by atoms with E-state index in [-0.39, 0.29) is 5.57 Å². The van der Waals surface area contributed by atoms with Gasteiger partial charge in [0.05, 0.1) is 7.11 Å². The zero-order chi connectivity index (χ0) is 20.9. The van der Waals surface area contributed by atoms with Crippen LogP contribution < -0.4 is 10.1 Å². The molecule has 0 radical (unpaired) electrons. The normalized spacial score (nSPS) is 11.3. The molecule has 0 aromatic heterocycles. The Morgan fingerprint density at radius 3 is 2.13 bits per heavy atom. The minimum absolute atomic E-state index is 0.0741. The second kappa shape index (κ2) is 8.50. The lowest BCUT2D eigenvalue weighted by molar-refractivity contribution is -0.117. The number of nitrogens with zero attached hydrogens (tertiary/aromatic N) is 1. The molecule has 4 aromatic carbocycles. The first-order valence-corrected chi connectivity index (χ1v) is 9.63. The SMILES string of the molecule is COc1ccc(CNC(=O)/C(C#N)=C\c2c3ccccc3cc3ccccc23)cc1. The lowest BCUT2D eigenvalue weighted by atomic mass is 9.95. The average Bonchev–Trinajstić information content (AvgIpc) is 2.80. The van der Waals surface area contributed by atoms with Crippen LogP contribution in [0.3, 0.4) is 0 Å². The van der Waals surface area contributed by atoms with Gasteiger partial charge < -0.3 is 10.1 Å². The molecule has 4 rings (SSSR count). The van der Waals surface area contributed by atoms with Crippen LogP contribution in [0.2, 0.25) is 0 Å². The number of fused-ring (bicyclic) bond motifs is 2. The third-order valence-corrected chi connectivity index (χ3v) is 5.08. The highest BCUT2D eigenvalue weighted by Crippen LogP contribution is 2.30. The van der Waals surface area contributed by atoms with Gasteiger partial charge in [-0.3, -0.25) is 4.79 Å². The predicted molar refractivity (Wildman–Crippen MR) is 120 cm³/mol. The van der Waals surface area contributed by atoms with Crippen LogP contribution in [0.5, 0.6) is 5.75 Å². The van der Waals surface area contributed by atoms with Gasteiger partial charge in [0, 0.05) is 6.54 Å². The van der Waals surface area contributed by atoms with Crippen molar-refractivity contribution in [3.8, 4) is 11.8 Å². The fourth-order valence-electron chi connectivity index (χ4n) is 3.52. The number of hydrogen-bond acceptors (Lipinski definition) is 3. The van der Waals surface area contributed by atoms with E-state index < -0.39 is 5.91 Å². The summed E-state index contributed by atoms with van der Waals surface area (Å²) in [7, 11) is 1.61. The molecule has 146 valence electrons. The van der Waals surface area contributed by atoms with Crippen LogP contribution in [-0.2, 0) is 11.3 Å². The zero-order valence-electron chi connectivity index (χ0n) is 16.6. The van der Waals surface area contributed by atoms with Crippen LogP contribution in [-0.4, -0.2) is 13.0 Å². The fraction of sp³-hybridized carbons (Fsp3) is 0.0769. The molecule has 4 heteroatoms. The molecule has 0 aliphatic rings. The van der Waals surface area contributed by atoms with Gasteiger partial charge in [0.1, 0.15) is 17.4 Å². The molecule has 0 bridgehead atoms. The van der Waals surface area contributed by atoms with Gasteiger partial charge in [0.25, 0.3) is 5.91 Å². The molecule has 0 aliphatic heterocycles. The van der Waals surface area contributed by atoms with E-state index >= 15 is 0 Å². The van der Waals surface area contributed by atoms with Gasteiger partial charge in [-0.25, -0.2) is 0 Å². The largest absolute Gasteiger partial charge is 0.497 e. The maximum Gasteiger partial charge on any atom is 0.262 e. The van der Waals surface area contributed by atoms with Crippen LogP contribution >= 0.6 is 0 Å². The van der Waals surface area contributed by atoms with Gasteiger partial charge in [-0.05, 0) is 56.9 Å². The summed E-state index contributed by atoms with van der Waals surface area (Å²) in [5.41, 5.74) is 1.88. The van der Waals surface area contributed by atoms with Crippen LogP contribution in [0.25, 0.3) is 27.6 Å². The number of hydrogen-bond donors (Lipinski definition) is 1. The molecule has 30 heavy (non-hydrogen) atoms. The first-order chi connectivity index (χ1) is 14.7. The highest BCUT2D eigenvalue weighted by molar-refractivity contribution is 6.11. The first-order valence-electron chi connectivity index (χ1n) is 9.63. The molecule has 0 saturated carbocycles. The molecule has 4 aromatic rings. The van der Waals surface area contributed by atoms with Gasteiger partial charge in [0.2, 0.25) is 0 Å². The average molecular weight is 392 g/mol. The molecule has 1 N–H and O–H groups in total. The summed E-state index contributed by atoms with van der Waals surface area (Å²) in [6.45, 7) is 0.331. The maximum atomic E-state index is 12.7. The van der Waals surface area contributed by atoms with Crippen LogP contribution in [0.4, 0.5) is 0 Å². The summed E-state index contributed by atoms with van der Waals surface area (Å²) in [6.07, 6.45) is 1.69. The topological polar surface area (TPSA) is 62.1 Å². The van der Waals surface area contributed by atoms with Gasteiger partial charge in [0.15, 0.2) is 0 Å². The Hall–Kier alpha value is -4.10. The Balaban J connectivity index is 1.68. The number of methoxy groups -OCH3 is 1. The van der Waals surface area contributed by atoms with E-state index in [1.807, 2.05) is 72.8 Å². The van der Waals surface area contributed by atoms with Gasteiger partial charge in [-0.2, -0.15) is 5.26 Å². The first kappa shape index (κ1) is 19.2. The predicted octanol–water partition coefficient (Wildman–Crippen LogP) is 5.22. The minimum Gasteiger partial charge on any atom is -0.497 e. The highest BCUT2D eigenvalue weighted by atomic mass is 16.5. The molecule has 1 amide bonds. The minimum atomic E-state index is -0.398. The summed E-state index contributed by atoms with van der Waals surface area (Å²) in [5, 5.41) is 16.7. The fourth-order valence-corrected chi connectivity index (χ4v) is 3.52. The number of nitrogens with one attached hydrogen (secondary N) is 1. The highest BCUT2D eigenvalue weighted by Gasteiger charge is 2.12. The van der Waals surface area contributed by atoms with Crippen molar-refractivity contribution in [2.45, 2.75) is 6.54 Å². The van der Waals surface area contributed by atoms with Gasteiger partial charge >= 0.3 is 0 Å². The number of nitriles is 1. The van der Waals surface area contributed by atoms with Crippen LogP contribution in [0.1, 0.15) is 11.1 Å². The maximum absolute atomic E-state index is 12.7. The van der Waals surface area contributed by atoms with E-state index in [4.69, 9.17) is 4.74 Å². The molecule has 0 spiro atoms. The van der Waals surface area contributed by atoms with Crippen molar-refractivity contribution in [2.24, 2.45) is 0 Å². The van der Waals surface area contributed by atoms with E-state index in [1.165, 1.54) is 0 Å². The van der Waals surface area contributed by atoms with Gasteiger partial charge in [-0.15, -0.1) is 0 Å². The lowest BCUT2D eigenvalue weighted by Crippen LogP contribution is -2.23. The molecule has 0 atom stereocenters. The summed E-state index contributed by atoms with van der Waals surface area (Å²) in [6, 6.07) is 27.6. The molecular formula is C26H20N2O2. The van der Waals surface area contributed by atoms with E-state index in [9.17, 15) is 10.1 Å². The number of benzene rings is 4. The monoisotopic (exact) mass is 392 g/mol. The molecule has 4 nitrogen and oxygen atoms in total. The summed E-state index contributed by atoms with van der Waals surface area (Å²) in [4.78, 5) is 12.7. The van der Waals surface area contributed by atoms with Crippen molar-refractivity contribution in [3.05, 3.63) is 95.6 Å². The summed E-state index contributed by atoms with van der Waals surface area (Å²) in [5.74, 6) is 0.357. The standard InChI is InChI=1S/C26H20N2O2/c1-30-22-12-10-18(11-13-22)17-28-26(29)21(16-27)15-25-23-8-4-2-6-19(23)14-20-7-3-5-9-24(20)25/h2-15H,17H2,1H3,(H,28,29)/b21-15-. The number of carbonyl (C=O) groups excluding carboxylic acids is 1. The van der Waals surface area contributed by atoms with Crippen molar-refractivity contribution in [1.82, 2.24) is 5.32 Å². The van der Waals surface area contributed by atoms with Crippen molar-refractivity contribution in [2.75, 3.05) is 7.11 Å². The molecule has 0 aliphatic carbocycles. The molecule has 0 heterocycles. The number of rotatable bonds is 5. The summed E-state index contributed by atoms with van der Waals surface area (Å²) < 4.78 is 5.15. The smallest absolute Gasteiger partial charge is 0.262 e. The van der Waals surface area contributed by atoms with E-state index in [1.54, 1.807) is 13.2 Å². The van der Waals surface area contributed by atoms with Crippen molar-refractivity contribution < 1.29 is 9.53 Å². The lowest BCUT2D eigenvalue weighted by Gasteiger charge is -2.10. The summed E-state index contributed by atoms with van der Waals surface area (Å²) >= 11 is 0. The molecule has 0 unspecified atom stereocenters.